The summed E-state index contributed by atoms with van der Waals surface area (Å²) in [5.41, 5.74) is 8.84. The van der Waals surface area contributed by atoms with E-state index in [2.05, 4.69) is 29.6 Å². The van der Waals surface area contributed by atoms with Gasteiger partial charge < -0.3 is 15.8 Å². The molecule has 0 saturated heterocycles. The minimum atomic E-state index is -0.705. The fourth-order valence-electron chi connectivity index (χ4n) is 3.67. The zero-order valence-electron chi connectivity index (χ0n) is 16.0. The van der Waals surface area contributed by atoms with E-state index in [0.717, 1.165) is 48.1 Å². The minimum Gasteiger partial charge on any atom is -0.496 e. The Hall–Kier alpha value is -2.04. The van der Waals surface area contributed by atoms with E-state index < -0.39 is 5.54 Å². The van der Waals surface area contributed by atoms with Crippen LogP contribution in [0.5, 0.6) is 5.75 Å². The number of benzene rings is 2. The summed E-state index contributed by atoms with van der Waals surface area (Å²) in [6.45, 7) is 2.00. The monoisotopic (exact) mass is 388 g/mol. The highest BCUT2D eigenvalue weighted by Crippen LogP contribution is 2.31. The number of hydrogen-bond acceptors (Lipinski definition) is 3. The molecule has 1 aliphatic carbocycles. The number of carbonyl (C=O) groups is 1. The van der Waals surface area contributed by atoms with Crippen LogP contribution in [0.2, 0.25) is 0 Å². The lowest BCUT2D eigenvalue weighted by Gasteiger charge is -2.33. The summed E-state index contributed by atoms with van der Waals surface area (Å²) in [7, 11) is 1.68. The van der Waals surface area contributed by atoms with E-state index in [4.69, 9.17) is 10.5 Å². The third-order valence-corrected chi connectivity index (χ3v) is 5.37. The summed E-state index contributed by atoms with van der Waals surface area (Å²) in [6.07, 6.45) is 4.79. The highest BCUT2D eigenvalue weighted by molar-refractivity contribution is 5.86. The van der Waals surface area contributed by atoms with Gasteiger partial charge in [0.05, 0.1) is 18.7 Å². The molecule has 1 aliphatic rings. The largest absolute Gasteiger partial charge is 0.496 e. The molecule has 0 bridgehead atoms. The number of amides is 1. The van der Waals surface area contributed by atoms with Crippen LogP contribution >= 0.6 is 12.4 Å². The van der Waals surface area contributed by atoms with E-state index >= 15 is 0 Å². The second-order valence-electron chi connectivity index (χ2n) is 7.23. The first-order valence-electron chi connectivity index (χ1n) is 9.37. The molecule has 3 N–H and O–H groups in total. The predicted octanol–water partition coefficient (Wildman–Crippen LogP) is 4.62. The van der Waals surface area contributed by atoms with Gasteiger partial charge in [-0.15, -0.1) is 12.4 Å². The van der Waals surface area contributed by atoms with Gasteiger partial charge in [0.1, 0.15) is 5.75 Å². The zero-order valence-corrected chi connectivity index (χ0v) is 16.9. The van der Waals surface area contributed by atoms with Gasteiger partial charge in [0.15, 0.2) is 0 Å². The summed E-state index contributed by atoms with van der Waals surface area (Å²) in [5, 5.41) is 3.10. The molecule has 1 atom stereocenters. The van der Waals surface area contributed by atoms with Crippen molar-refractivity contribution >= 4 is 18.3 Å². The molecule has 27 heavy (non-hydrogen) atoms. The van der Waals surface area contributed by atoms with Crippen molar-refractivity contribution in [2.75, 3.05) is 7.11 Å². The second kappa shape index (κ2) is 9.25. The fraction of sp³-hybridized carbons (Fsp3) is 0.409. The molecule has 0 heterocycles. The number of rotatable bonds is 5. The topological polar surface area (TPSA) is 64.3 Å². The van der Waals surface area contributed by atoms with Gasteiger partial charge in [-0.3, -0.25) is 4.79 Å². The highest BCUT2D eigenvalue weighted by Gasteiger charge is 2.35. The smallest absolute Gasteiger partial charge is 0.240 e. The van der Waals surface area contributed by atoms with Gasteiger partial charge in [0.2, 0.25) is 5.91 Å². The molecule has 0 spiro atoms. The Morgan fingerprint density at radius 1 is 1.07 bits per heavy atom. The molecule has 1 fully saturated rings. The molecule has 1 saturated carbocycles. The van der Waals surface area contributed by atoms with Crippen molar-refractivity contribution in [1.29, 1.82) is 0 Å². The van der Waals surface area contributed by atoms with Gasteiger partial charge >= 0.3 is 0 Å². The Morgan fingerprint density at radius 2 is 1.70 bits per heavy atom. The minimum absolute atomic E-state index is 0. The van der Waals surface area contributed by atoms with Crippen LogP contribution in [0.25, 0.3) is 11.1 Å². The Balaban J connectivity index is 0.00000261. The molecule has 0 aliphatic heterocycles. The van der Waals surface area contributed by atoms with E-state index in [1.165, 1.54) is 6.42 Å². The SMILES string of the molecule is COc1ccccc1-c1ccc(C(C)NC(=O)C2(N)CCCCC2)cc1.Cl. The number of halogens is 1. The van der Waals surface area contributed by atoms with Crippen molar-refractivity contribution in [1.82, 2.24) is 5.32 Å². The van der Waals surface area contributed by atoms with E-state index in [9.17, 15) is 4.79 Å². The van der Waals surface area contributed by atoms with Crippen LogP contribution in [0.4, 0.5) is 0 Å². The first-order chi connectivity index (χ1) is 12.5. The Kier molecular flexibility index (Phi) is 7.28. The molecule has 0 radical (unpaired) electrons. The number of carbonyl (C=O) groups excluding carboxylic acids is 1. The van der Waals surface area contributed by atoms with Crippen LogP contribution in [0.15, 0.2) is 48.5 Å². The van der Waals surface area contributed by atoms with Crippen molar-refractivity contribution in [2.45, 2.75) is 50.6 Å². The average Bonchev–Trinajstić information content (AvgIpc) is 2.68. The van der Waals surface area contributed by atoms with Gasteiger partial charge in [-0.05, 0) is 37.0 Å². The molecule has 1 unspecified atom stereocenters. The Morgan fingerprint density at radius 3 is 2.33 bits per heavy atom. The zero-order chi connectivity index (χ0) is 18.6. The molecule has 146 valence electrons. The third kappa shape index (κ3) is 4.82. The van der Waals surface area contributed by atoms with Gasteiger partial charge in [-0.25, -0.2) is 0 Å². The quantitative estimate of drug-likeness (QED) is 0.785. The number of ether oxygens (including phenoxy) is 1. The van der Waals surface area contributed by atoms with Crippen LogP contribution in [0, 0.1) is 0 Å². The normalized spacial score (nSPS) is 16.7. The summed E-state index contributed by atoms with van der Waals surface area (Å²) in [6, 6.07) is 16.1. The van der Waals surface area contributed by atoms with E-state index in [1.807, 2.05) is 31.2 Å². The van der Waals surface area contributed by atoms with Crippen LogP contribution in [0.1, 0.15) is 50.6 Å². The maximum atomic E-state index is 12.6. The molecule has 4 nitrogen and oxygen atoms in total. The second-order valence-corrected chi connectivity index (χ2v) is 7.23. The van der Waals surface area contributed by atoms with Gasteiger partial charge in [-0.2, -0.15) is 0 Å². The van der Waals surface area contributed by atoms with Crippen LogP contribution in [-0.2, 0) is 4.79 Å². The summed E-state index contributed by atoms with van der Waals surface area (Å²) in [5.74, 6) is 0.822. The molecule has 2 aromatic carbocycles. The number of para-hydroxylation sites is 1. The third-order valence-electron chi connectivity index (χ3n) is 5.37. The fourth-order valence-corrected chi connectivity index (χ4v) is 3.67. The maximum absolute atomic E-state index is 12.6. The summed E-state index contributed by atoms with van der Waals surface area (Å²) in [4.78, 5) is 12.6. The molecule has 5 heteroatoms. The summed E-state index contributed by atoms with van der Waals surface area (Å²) < 4.78 is 5.44. The van der Waals surface area contributed by atoms with E-state index in [0.29, 0.717) is 0 Å². The number of hydrogen-bond donors (Lipinski definition) is 2. The molecule has 3 rings (SSSR count). The van der Waals surface area contributed by atoms with Crippen molar-refractivity contribution in [3.63, 3.8) is 0 Å². The standard InChI is InChI=1S/C22H28N2O2.ClH/c1-16(24-21(25)22(23)14-6-3-7-15-22)17-10-12-18(13-11-17)19-8-4-5-9-20(19)26-2;/h4-5,8-13,16H,3,6-7,14-15,23H2,1-2H3,(H,24,25);1H. The van der Waals surface area contributed by atoms with Gasteiger partial charge in [-0.1, -0.05) is 61.7 Å². The average molecular weight is 389 g/mol. The van der Waals surface area contributed by atoms with Crippen molar-refractivity contribution in [2.24, 2.45) is 5.73 Å². The van der Waals surface area contributed by atoms with E-state index in [1.54, 1.807) is 7.11 Å². The van der Waals surface area contributed by atoms with Crippen LogP contribution < -0.4 is 15.8 Å². The first kappa shape index (κ1) is 21.3. The maximum Gasteiger partial charge on any atom is 0.240 e. The lowest BCUT2D eigenvalue weighted by Crippen LogP contribution is -2.55. The Labute approximate surface area is 167 Å². The molecule has 2 aromatic rings. The van der Waals surface area contributed by atoms with Crippen molar-refractivity contribution in [3.8, 4) is 16.9 Å². The number of nitrogens with one attached hydrogen (secondary N) is 1. The van der Waals surface area contributed by atoms with Crippen LogP contribution in [-0.4, -0.2) is 18.6 Å². The lowest BCUT2D eigenvalue weighted by molar-refractivity contribution is -0.128. The van der Waals surface area contributed by atoms with E-state index in [-0.39, 0.29) is 24.4 Å². The number of nitrogens with two attached hydrogens (primary N) is 1. The van der Waals surface area contributed by atoms with Gasteiger partial charge in [0, 0.05) is 5.56 Å². The molecule has 1 amide bonds. The first-order valence-corrected chi connectivity index (χ1v) is 9.37. The lowest BCUT2D eigenvalue weighted by atomic mass is 9.81. The number of methoxy groups -OCH3 is 1. The summed E-state index contributed by atoms with van der Waals surface area (Å²) >= 11 is 0. The molecule has 0 aromatic heterocycles. The highest BCUT2D eigenvalue weighted by atomic mass is 35.5. The van der Waals surface area contributed by atoms with Gasteiger partial charge in [0.25, 0.3) is 0 Å². The van der Waals surface area contributed by atoms with Crippen molar-refractivity contribution < 1.29 is 9.53 Å². The molecular formula is C22H29ClN2O2. The Bertz CT molecular complexity index is 755. The predicted molar refractivity (Wildman–Crippen MR) is 112 cm³/mol. The van der Waals surface area contributed by atoms with Crippen LogP contribution in [0.3, 0.4) is 0 Å². The van der Waals surface area contributed by atoms with Crippen molar-refractivity contribution in [3.05, 3.63) is 54.1 Å². The molecular weight excluding hydrogens is 360 g/mol.